The summed E-state index contributed by atoms with van der Waals surface area (Å²) >= 11 is 3.45. The van der Waals surface area contributed by atoms with Gasteiger partial charge < -0.3 is 10.1 Å². The highest BCUT2D eigenvalue weighted by atomic mass is 79.9. The molecule has 1 N–H and O–H groups in total. The number of hydrogen-bond donors (Lipinski definition) is 1. The Balaban J connectivity index is 2.07. The van der Waals surface area contributed by atoms with Crippen LogP contribution in [0.2, 0.25) is 0 Å². The second-order valence-electron chi connectivity index (χ2n) is 4.99. The van der Waals surface area contributed by atoms with Gasteiger partial charge in [0.1, 0.15) is 0 Å². The van der Waals surface area contributed by atoms with Crippen molar-refractivity contribution in [2.24, 2.45) is 0 Å². The Kier molecular flexibility index (Phi) is 5.90. The van der Waals surface area contributed by atoms with Gasteiger partial charge in [0.05, 0.1) is 18.8 Å². The van der Waals surface area contributed by atoms with E-state index in [1.807, 2.05) is 10.9 Å². The fourth-order valence-corrected chi connectivity index (χ4v) is 2.66. The summed E-state index contributed by atoms with van der Waals surface area (Å²) < 4.78 is 8.06. The maximum Gasteiger partial charge on any atom is 0.0678 e. The van der Waals surface area contributed by atoms with Crippen molar-refractivity contribution in [2.45, 2.75) is 26.9 Å². The molecule has 5 nitrogen and oxygen atoms in total. The summed E-state index contributed by atoms with van der Waals surface area (Å²) in [7, 11) is 1.71. The molecule has 0 aliphatic carbocycles. The number of halogens is 1. The maximum atomic E-state index is 5.04. The fraction of sp³-hybridized carbons (Fsp3) is 0.467. The summed E-state index contributed by atoms with van der Waals surface area (Å²) in [6, 6.07) is 2.07. The topological polar surface area (TPSA) is 52.0 Å². The summed E-state index contributed by atoms with van der Waals surface area (Å²) in [5, 5.41) is 8.01. The Hall–Kier alpha value is -1.24. The first-order valence-corrected chi connectivity index (χ1v) is 7.73. The third-order valence-electron chi connectivity index (χ3n) is 3.41. The Bertz CT molecular complexity index is 597. The van der Waals surface area contributed by atoms with Crippen molar-refractivity contribution < 1.29 is 4.74 Å². The Morgan fingerprint density at radius 1 is 1.33 bits per heavy atom. The SMILES string of the molecule is COCCNCc1c(C)nn(Cc2cncc(Br)c2)c1C. The maximum absolute atomic E-state index is 5.04. The monoisotopic (exact) mass is 352 g/mol. The van der Waals surface area contributed by atoms with E-state index < -0.39 is 0 Å². The van der Waals surface area contributed by atoms with Crippen molar-refractivity contribution in [3.63, 3.8) is 0 Å². The molecule has 0 aliphatic rings. The summed E-state index contributed by atoms with van der Waals surface area (Å²) in [6.07, 6.45) is 3.66. The number of ether oxygens (including phenoxy) is 1. The lowest BCUT2D eigenvalue weighted by Gasteiger charge is -2.07. The number of aryl methyl sites for hydroxylation is 1. The number of hydrogen-bond acceptors (Lipinski definition) is 4. The molecule has 21 heavy (non-hydrogen) atoms. The van der Waals surface area contributed by atoms with E-state index in [2.05, 4.69) is 51.2 Å². The molecule has 0 amide bonds. The van der Waals surface area contributed by atoms with Crippen LogP contribution in [0.1, 0.15) is 22.5 Å². The van der Waals surface area contributed by atoms with Crippen molar-refractivity contribution in [3.8, 4) is 0 Å². The highest BCUT2D eigenvalue weighted by molar-refractivity contribution is 9.10. The highest BCUT2D eigenvalue weighted by Crippen LogP contribution is 2.16. The minimum atomic E-state index is 0.718. The van der Waals surface area contributed by atoms with E-state index in [4.69, 9.17) is 4.74 Å². The fourth-order valence-electron chi connectivity index (χ4n) is 2.25. The van der Waals surface area contributed by atoms with E-state index in [1.54, 1.807) is 13.3 Å². The minimum absolute atomic E-state index is 0.718. The number of pyridine rings is 1. The van der Waals surface area contributed by atoms with Crippen LogP contribution in [-0.2, 0) is 17.8 Å². The van der Waals surface area contributed by atoms with Gasteiger partial charge in [0, 0.05) is 48.3 Å². The number of nitrogens with zero attached hydrogens (tertiary/aromatic N) is 3. The third kappa shape index (κ3) is 4.36. The molecule has 0 bridgehead atoms. The first-order valence-electron chi connectivity index (χ1n) is 6.93. The Labute approximate surface area is 133 Å². The lowest BCUT2D eigenvalue weighted by molar-refractivity contribution is 0.199. The molecule has 2 rings (SSSR count). The molecule has 0 aromatic carbocycles. The predicted molar refractivity (Wildman–Crippen MR) is 86.3 cm³/mol. The molecular weight excluding hydrogens is 332 g/mol. The number of rotatable bonds is 7. The molecular formula is C15H21BrN4O. The normalized spacial score (nSPS) is 11.0. The van der Waals surface area contributed by atoms with E-state index in [1.165, 1.54) is 11.3 Å². The minimum Gasteiger partial charge on any atom is -0.383 e. The van der Waals surface area contributed by atoms with Gasteiger partial charge in [-0.1, -0.05) is 0 Å². The van der Waals surface area contributed by atoms with Crippen LogP contribution >= 0.6 is 15.9 Å². The molecule has 2 aromatic rings. The van der Waals surface area contributed by atoms with E-state index in [-0.39, 0.29) is 0 Å². The summed E-state index contributed by atoms with van der Waals surface area (Å²) in [5.41, 5.74) is 4.65. The van der Waals surface area contributed by atoms with Gasteiger partial charge in [-0.3, -0.25) is 9.67 Å². The largest absolute Gasteiger partial charge is 0.383 e. The molecule has 2 heterocycles. The zero-order chi connectivity index (χ0) is 15.2. The van der Waals surface area contributed by atoms with Gasteiger partial charge in [-0.25, -0.2) is 0 Å². The van der Waals surface area contributed by atoms with Crippen LogP contribution < -0.4 is 5.32 Å². The van der Waals surface area contributed by atoms with Crippen LogP contribution in [0.5, 0.6) is 0 Å². The third-order valence-corrected chi connectivity index (χ3v) is 3.84. The number of nitrogens with one attached hydrogen (secondary N) is 1. The van der Waals surface area contributed by atoms with Gasteiger partial charge in [0.15, 0.2) is 0 Å². The number of methoxy groups -OCH3 is 1. The molecule has 0 saturated carbocycles. The smallest absolute Gasteiger partial charge is 0.0678 e. The van der Waals surface area contributed by atoms with Crippen molar-refractivity contribution in [2.75, 3.05) is 20.3 Å². The molecule has 114 valence electrons. The van der Waals surface area contributed by atoms with Crippen LogP contribution in [0, 0.1) is 13.8 Å². The van der Waals surface area contributed by atoms with Crippen molar-refractivity contribution in [1.29, 1.82) is 0 Å². The molecule has 0 fully saturated rings. The van der Waals surface area contributed by atoms with E-state index in [0.29, 0.717) is 0 Å². The van der Waals surface area contributed by atoms with Gasteiger partial charge >= 0.3 is 0 Å². The van der Waals surface area contributed by atoms with Crippen LogP contribution in [0.25, 0.3) is 0 Å². The van der Waals surface area contributed by atoms with E-state index >= 15 is 0 Å². The van der Waals surface area contributed by atoms with Gasteiger partial charge in [-0.15, -0.1) is 0 Å². The molecule has 2 aromatic heterocycles. The Morgan fingerprint density at radius 3 is 2.86 bits per heavy atom. The van der Waals surface area contributed by atoms with Gasteiger partial charge in [-0.2, -0.15) is 5.10 Å². The molecule has 0 radical (unpaired) electrons. The van der Waals surface area contributed by atoms with Crippen LogP contribution in [0.15, 0.2) is 22.9 Å². The second kappa shape index (κ2) is 7.68. The lowest BCUT2D eigenvalue weighted by atomic mass is 10.2. The zero-order valence-electron chi connectivity index (χ0n) is 12.7. The van der Waals surface area contributed by atoms with Crippen LogP contribution in [0.4, 0.5) is 0 Å². The summed E-state index contributed by atoms with van der Waals surface area (Å²) in [4.78, 5) is 4.20. The molecule has 0 aliphatic heterocycles. The molecule has 6 heteroatoms. The summed E-state index contributed by atoms with van der Waals surface area (Å²) in [6.45, 7) is 7.27. The highest BCUT2D eigenvalue weighted by Gasteiger charge is 2.11. The van der Waals surface area contributed by atoms with Gasteiger partial charge in [-0.05, 0) is 41.4 Å². The zero-order valence-corrected chi connectivity index (χ0v) is 14.3. The van der Waals surface area contributed by atoms with Crippen molar-refractivity contribution in [1.82, 2.24) is 20.1 Å². The van der Waals surface area contributed by atoms with Crippen LogP contribution in [-0.4, -0.2) is 35.0 Å². The average molecular weight is 353 g/mol. The lowest BCUT2D eigenvalue weighted by Crippen LogP contribution is -2.19. The summed E-state index contributed by atoms with van der Waals surface area (Å²) in [5.74, 6) is 0. The van der Waals surface area contributed by atoms with Crippen molar-refractivity contribution >= 4 is 15.9 Å². The van der Waals surface area contributed by atoms with Crippen molar-refractivity contribution in [3.05, 3.63) is 45.4 Å². The first-order chi connectivity index (χ1) is 10.1. The Morgan fingerprint density at radius 2 is 2.14 bits per heavy atom. The molecule has 0 spiro atoms. The molecule has 0 unspecified atom stereocenters. The van der Waals surface area contributed by atoms with Crippen LogP contribution in [0.3, 0.4) is 0 Å². The van der Waals surface area contributed by atoms with Gasteiger partial charge in [0.25, 0.3) is 0 Å². The number of aromatic nitrogens is 3. The molecule has 0 saturated heterocycles. The predicted octanol–water partition coefficient (Wildman–Crippen LogP) is 2.44. The second-order valence-corrected chi connectivity index (χ2v) is 5.90. The quantitative estimate of drug-likeness (QED) is 0.777. The average Bonchev–Trinajstić information content (AvgIpc) is 2.70. The molecule has 0 atom stereocenters. The first kappa shape index (κ1) is 16.1. The van der Waals surface area contributed by atoms with E-state index in [9.17, 15) is 0 Å². The van der Waals surface area contributed by atoms with E-state index in [0.717, 1.165) is 42.0 Å². The standard InChI is InChI=1S/C15H21BrN4O/c1-11-15(9-17-4-5-21-3)12(2)20(19-11)10-13-6-14(16)8-18-7-13/h6-8,17H,4-5,9-10H2,1-3H3. The van der Waals surface area contributed by atoms with Gasteiger partial charge in [0.2, 0.25) is 0 Å².